The maximum absolute atomic E-state index is 12.6. The summed E-state index contributed by atoms with van der Waals surface area (Å²) in [6.07, 6.45) is 5.38. The van der Waals surface area contributed by atoms with Crippen molar-refractivity contribution < 1.29 is 13.5 Å². The molecule has 0 aromatic heterocycles. The van der Waals surface area contributed by atoms with Crippen LogP contribution in [0.3, 0.4) is 0 Å². The molecule has 116 valence electrons. The summed E-state index contributed by atoms with van der Waals surface area (Å²) in [7, 11) is -3.39. The van der Waals surface area contributed by atoms with E-state index in [-0.39, 0.29) is 18.6 Å². The van der Waals surface area contributed by atoms with Crippen LogP contribution in [0.1, 0.15) is 39.0 Å². The van der Waals surface area contributed by atoms with Crippen molar-refractivity contribution >= 4 is 10.2 Å². The normalized spacial score (nSPS) is 42.2. The van der Waals surface area contributed by atoms with E-state index in [1.807, 2.05) is 0 Å². The molecule has 0 spiro atoms. The fraction of sp³-hybridized carbons (Fsp3) is 1.00. The third-order valence-corrected chi connectivity index (χ3v) is 7.13. The molecule has 6 heteroatoms. The van der Waals surface area contributed by atoms with Gasteiger partial charge in [-0.25, -0.2) is 0 Å². The zero-order chi connectivity index (χ0) is 14.3. The van der Waals surface area contributed by atoms with Gasteiger partial charge in [0.05, 0.1) is 0 Å². The molecule has 1 aliphatic heterocycles. The minimum atomic E-state index is -3.39. The molecule has 5 atom stereocenters. The molecule has 2 N–H and O–H groups in total. The summed E-state index contributed by atoms with van der Waals surface area (Å²) in [6, 6.07) is -0.0546. The Kier molecular flexibility index (Phi) is 4.10. The van der Waals surface area contributed by atoms with Crippen molar-refractivity contribution in [3.8, 4) is 0 Å². The molecule has 20 heavy (non-hydrogen) atoms. The summed E-state index contributed by atoms with van der Waals surface area (Å²) in [5.74, 6) is 1.49. The maximum Gasteiger partial charge on any atom is 0.279 e. The highest BCUT2D eigenvalue weighted by Gasteiger charge is 2.49. The molecule has 3 aliphatic rings. The summed E-state index contributed by atoms with van der Waals surface area (Å²) in [5, 5.41) is 9.56. The van der Waals surface area contributed by atoms with Crippen LogP contribution in [0.25, 0.3) is 0 Å². The van der Waals surface area contributed by atoms with E-state index in [4.69, 9.17) is 0 Å². The second-order valence-electron chi connectivity index (χ2n) is 6.93. The highest BCUT2D eigenvalue weighted by Crippen LogP contribution is 2.48. The zero-order valence-electron chi connectivity index (χ0n) is 12.2. The van der Waals surface area contributed by atoms with Gasteiger partial charge in [0, 0.05) is 31.7 Å². The first-order valence-corrected chi connectivity index (χ1v) is 9.33. The largest absolute Gasteiger partial charge is 0.396 e. The number of piperidine rings is 1. The molecule has 3 rings (SSSR count). The van der Waals surface area contributed by atoms with E-state index >= 15 is 0 Å². The number of fused-ring (bicyclic) bond motifs is 2. The fourth-order valence-corrected chi connectivity index (χ4v) is 6.15. The lowest BCUT2D eigenvalue weighted by Gasteiger charge is -2.35. The molecule has 0 aromatic carbocycles. The van der Waals surface area contributed by atoms with Crippen molar-refractivity contribution in [3.05, 3.63) is 0 Å². The molecule has 0 aromatic rings. The lowest BCUT2D eigenvalue weighted by Crippen LogP contribution is -2.52. The molecule has 2 aliphatic carbocycles. The van der Waals surface area contributed by atoms with Gasteiger partial charge in [-0.15, -0.1) is 0 Å². The van der Waals surface area contributed by atoms with Crippen LogP contribution >= 0.6 is 0 Å². The van der Waals surface area contributed by atoms with E-state index in [0.717, 1.165) is 32.1 Å². The van der Waals surface area contributed by atoms with Gasteiger partial charge in [0.1, 0.15) is 0 Å². The number of nitrogens with zero attached hydrogens (tertiary/aromatic N) is 1. The Balaban J connectivity index is 1.70. The monoisotopic (exact) mass is 302 g/mol. The Hall–Kier alpha value is -0.170. The van der Waals surface area contributed by atoms with Gasteiger partial charge in [-0.3, -0.25) is 0 Å². The first kappa shape index (κ1) is 14.8. The van der Waals surface area contributed by atoms with Gasteiger partial charge in [0.15, 0.2) is 0 Å². The second-order valence-corrected chi connectivity index (χ2v) is 8.64. The summed E-state index contributed by atoms with van der Waals surface area (Å²) in [6.45, 7) is 3.46. The smallest absolute Gasteiger partial charge is 0.279 e. The topological polar surface area (TPSA) is 69.6 Å². The van der Waals surface area contributed by atoms with Crippen LogP contribution < -0.4 is 4.72 Å². The van der Waals surface area contributed by atoms with Crippen molar-refractivity contribution in [1.82, 2.24) is 9.03 Å². The average molecular weight is 302 g/mol. The fourth-order valence-electron chi connectivity index (χ4n) is 4.47. The minimum Gasteiger partial charge on any atom is -0.396 e. The van der Waals surface area contributed by atoms with E-state index in [2.05, 4.69) is 11.6 Å². The lowest BCUT2D eigenvalue weighted by atomic mass is 9.86. The highest BCUT2D eigenvalue weighted by atomic mass is 32.2. The highest BCUT2D eigenvalue weighted by molar-refractivity contribution is 7.87. The van der Waals surface area contributed by atoms with E-state index in [0.29, 0.717) is 30.8 Å². The van der Waals surface area contributed by atoms with Gasteiger partial charge in [0.2, 0.25) is 0 Å². The molecule has 5 nitrogen and oxygen atoms in total. The number of hydrogen-bond donors (Lipinski definition) is 2. The van der Waals surface area contributed by atoms with Crippen molar-refractivity contribution in [1.29, 1.82) is 0 Å². The van der Waals surface area contributed by atoms with Crippen molar-refractivity contribution in [2.75, 3.05) is 19.7 Å². The van der Waals surface area contributed by atoms with Crippen LogP contribution in [0.2, 0.25) is 0 Å². The summed E-state index contributed by atoms with van der Waals surface area (Å²) >= 11 is 0. The minimum absolute atomic E-state index is 0.0546. The maximum atomic E-state index is 12.6. The number of aliphatic hydroxyl groups is 1. The number of aliphatic hydroxyl groups excluding tert-OH is 1. The standard InChI is InChI=1S/C14H26N2O3S/c1-10-3-2-6-16(8-10)20(18,19)15-14-12-5-4-11(7-12)13(14)9-17/h10-15,17H,2-9H2,1H3. The molecule has 1 saturated heterocycles. The molecule has 5 unspecified atom stereocenters. The van der Waals surface area contributed by atoms with Crippen LogP contribution in [0.5, 0.6) is 0 Å². The van der Waals surface area contributed by atoms with Gasteiger partial charge < -0.3 is 5.11 Å². The average Bonchev–Trinajstić information content (AvgIpc) is 2.99. The number of hydrogen-bond acceptors (Lipinski definition) is 3. The molecule has 0 amide bonds. The first-order chi connectivity index (χ1) is 9.51. The third kappa shape index (κ3) is 2.63. The van der Waals surface area contributed by atoms with E-state index < -0.39 is 10.2 Å². The van der Waals surface area contributed by atoms with Crippen LogP contribution in [-0.2, 0) is 10.2 Å². The SMILES string of the molecule is CC1CCCN(S(=O)(=O)NC2C3CCC(C3)C2CO)C1. The zero-order valence-corrected chi connectivity index (χ0v) is 13.0. The molecule has 3 fully saturated rings. The van der Waals surface area contributed by atoms with Crippen LogP contribution in [0.4, 0.5) is 0 Å². The van der Waals surface area contributed by atoms with E-state index in [1.165, 1.54) is 0 Å². The predicted octanol–water partition coefficient (Wildman–Crippen LogP) is 0.960. The van der Waals surface area contributed by atoms with Crippen molar-refractivity contribution in [2.24, 2.45) is 23.7 Å². The Labute approximate surface area is 121 Å². The molecule has 0 radical (unpaired) electrons. The predicted molar refractivity (Wildman–Crippen MR) is 77.2 cm³/mol. The van der Waals surface area contributed by atoms with Gasteiger partial charge in [0.25, 0.3) is 10.2 Å². The molecular weight excluding hydrogens is 276 g/mol. The van der Waals surface area contributed by atoms with Gasteiger partial charge in [-0.1, -0.05) is 6.92 Å². The second kappa shape index (κ2) is 5.55. The number of nitrogens with one attached hydrogen (secondary N) is 1. The van der Waals surface area contributed by atoms with E-state index in [1.54, 1.807) is 4.31 Å². The molecular formula is C14H26N2O3S. The van der Waals surface area contributed by atoms with Crippen molar-refractivity contribution in [3.63, 3.8) is 0 Å². The van der Waals surface area contributed by atoms with Gasteiger partial charge in [-0.05, 0) is 49.9 Å². The van der Waals surface area contributed by atoms with E-state index in [9.17, 15) is 13.5 Å². The number of rotatable bonds is 4. The Morgan fingerprint density at radius 1 is 1.25 bits per heavy atom. The molecule has 2 bridgehead atoms. The Morgan fingerprint density at radius 2 is 2.00 bits per heavy atom. The quantitative estimate of drug-likeness (QED) is 0.812. The third-order valence-electron chi connectivity index (χ3n) is 5.54. The first-order valence-electron chi connectivity index (χ1n) is 7.89. The van der Waals surface area contributed by atoms with Gasteiger partial charge >= 0.3 is 0 Å². The lowest BCUT2D eigenvalue weighted by molar-refractivity contribution is 0.151. The molecule has 2 saturated carbocycles. The van der Waals surface area contributed by atoms with Crippen LogP contribution in [0, 0.1) is 23.7 Å². The molecule has 1 heterocycles. The van der Waals surface area contributed by atoms with Crippen LogP contribution in [-0.4, -0.2) is 43.6 Å². The Bertz CT molecular complexity index is 453. The van der Waals surface area contributed by atoms with Crippen LogP contribution in [0.15, 0.2) is 0 Å². The summed E-state index contributed by atoms with van der Waals surface area (Å²) < 4.78 is 29.6. The summed E-state index contributed by atoms with van der Waals surface area (Å²) in [5.41, 5.74) is 0. The summed E-state index contributed by atoms with van der Waals surface area (Å²) in [4.78, 5) is 0. The Morgan fingerprint density at radius 3 is 2.70 bits per heavy atom. The van der Waals surface area contributed by atoms with Gasteiger partial charge in [-0.2, -0.15) is 17.4 Å². The van der Waals surface area contributed by atoms with Crippen molar-refractivity contribution in [2.45, 2.75) is 45.1 Å².